The van der Waals surface area contributed by atoms with Gasteiger partial charge in [0.25, 0.3) is 0 Å². The van der Waals surface area contributed by atoms with E-state index in [4.69, 9.17) is 5.26 Å². The van der Waals surface area contributed by atoms with Crippen molar-refractivity contribution in [3.05, 3.63) is 35.4 Å². The maximum Gasteiger partial charge on any atom is 0.0991 e. The quantitative estimate of drug-likeness (QED) is 0.653. The Balaban J connectivity index is 3.03. The van der Waals surface area contributed by atoms with E-state index in [1.54, 1.807) is 6.07 Å². The molecule has 1 nitrogen and oxygen atoms in total. The lowest BCUT2D eigenvalue weighted by atomic mass is 10.1. The largest absolute Gasteiger partial charge is 0.192 e. The Morgan fingerprint density at radius 3 is 2.82 bits per heavy atom. The average Bonchev–Trinajstić information content (AvgIpc) is 2.05. The van der Waals surface area contributed by atoms with E-state index in [1.807, 2.05) is 25.1 Å². The minimum Gasteiger partial charge on any atom is -0.192 e. The molecule has 0 aliphatic rings. The Kier molecular flexibility index (Phi) is 2.67. The summed E-state index contributed by atoms with van der Waals surface area (Å²) >= 11 is 3.44. The maximum absolute atomic E-state index is 8.58. The molecule has 0 aliphatic carbocycles. The summed E-state index contributed by atoms with van der Waals surface area (Å²) in [7, 11) is 0. The van der Waals surface area contributed by atoms with Crippen molar-refractivity contribution in [3.8, 4) is 6.07 Å². The van der Waals surface area contributed by atoms with Crippen LogP contribution in [0, 0.1) is 11.3 Å². The van der Waals surface area contributed by atoms with Crippen molar-refractivity contribution >= 4 is 15.9 Å². The van der Waals surface area contributed by atoms with Crippen LogP contribution < -0.4 is 0 Å². The zero-order chi connectivity index (χ0) is 8.27. The van der Waals surface area contributed by atoms with E-state index >= 15 is 0 Å². The van der Waals surface area contributed by atoms with Gasteiger partial charge in [-0.05, 0) is 24.6 Å². The van der Waals surface area contributed by atoms with Crippen molar-refractivity contribution in [2.24, 2.45) is 0 Å². The van der Waals surface area contributed by atoms with Crippen LogP contribution in [0.3, 0.4) is 0 Å². The third-order valence-corrected chi connectivity index (χ3v) is 2.00. The van der Waals surface area contributed by atoms with Gasteiger partial charge in [0.1, 0.15) is 0 Å². The van der Waals surface area contributed by atoms with Crippen LogP contribution >= 0.6 is 15.9 Å². The SMILES string of the molecule is CC(Br)c1cccc(C#N)c1. The molecule has 0 bridgehead atoms. The summed E-state index contributed by atoms with van der Waals surface area (Å²) in [6, 6.07) is 9.69. The van der Waals surface area contributed by atoms with Crippen molar-refractivity contribution in [3.63, 3.8) is 0 Å². The highest BCUT2D eigenvalue weighted by Gasteiger charge is 1.99. The van der Waals surface area contributed by atoms with Gasteiger partial charge in [0, 0.05) is 4.83 Å². The van der Waals surface area contributed by atoms with Crippen molar-refractivity contribution in [2.45, 2.75) is 11.8 Å². The molecular formula is C9H8BrN. The lowest BCUT2D eigenvalue weighted by Crippen LogP contribution is -1.83. The number of rotatable bonds is 1. The van der Waals surface area contributed by atoms with Crippen molar-refractivity contribution in [1.82, 2.24) is 0 Å². The smallest absolute Gasteiger partial charge is 0.0991 e. The Morgan fingerprint density at radius 1 is 1.55 bits per heavy atom. The molecule has 1 aromatic carbocycles. The molecule has 0 fully saturated rings. The zero-order valence-electron chi connectivity index (χ0n) is 6.21. The first-order valence-corrected chi connectivity index (χ1v) is 4.29. The van der Waals surface area contributed by atoms with E-state index in [1.165, 1.54) is 0 Å². The predicted molar refractivity (Wildman–Crippen MR) is 48.5 cm³/mol. The van der Waals surface area contributed by atoms with Crippen LogP contribution in [0.1, 0.15) is 22.9 Å². The van der Waals surface area contributed by atoms with E-state index in [0.29, 0.717) is 10.4 Å². The van der Waals surface area contributed by atoms with Crippen LogP contribution in [0.2, 0.25) is 0 Å². The number of halogens is 1. The van der Waals surface area contributed by atoms with E-state index in [2.05, 4.69) is 22.0 Å². The summed E-state index contributed by atoms with van der Waals surface area (Å²) in [6.45, 7) is 2.04. The molecule has 0 spiro atoms. The molecule has 2 heteroatoms. The minimum atomic E-state index is 0.316. The van der Waals surface area contributed by atoms with E-state index in [0.717, 1.165) is 5.56 Å². The highest BCUT2D eigenvalue weighted by atomic mass is 79.9. The molecule has 0 aromatic heterocycles. The molecule has 1 unspecified atom stereocenters. The number of alkyl halides is 1. The fourth-order valence-corrected chi connectivity index (χ4v) is 1.14. The number of benzene rings is 1. The monoisotopic (exact) mass is 209 g/mol. The molecule has 0 aliphatic heterocycles. The summed E-state index contributed by atoms with van der Waals surface area (Å²) in [5.41, 5.74) is 1.86. The molecule has 0 radical (unpaired) electrons. The summed E-state index contributed by atoms with van der Waals surface area (Å²) < 4.78 is 0. The lowest BCUT2D eigenvalue weighted by Gasteiger charge is -2.01. The van der Waals surface area contributed by atoms with Crippen molar-refractivity contribution in [1.29, 1.82) is 5.26 Å². The third kappa shape index (κ3) is 2.06. The van der Waals surface area contributed by atoms with Crippen LogP contribution in [-0.2, 0) is 0 Å². The fourth-order valence-electron chi connectivity index (χ4n) is 0.856. The normalized spacial score (nSPS) is 12.1. The number of hydrogen-bond acceptors (Lipinski definition) is 1. The molecule has 11 heavy (non-hydrogen) atoms. The van der Waals surface area contributed by atoms with Gasteiger partial charge in [-0.1, -0.05) is 28.1 Å². The van der Waals surface area contributed by atoms with Gasteiger partial charge < -0.3 is 0 Å². The molecule has 0 N–H and O–H groups in total. The number of nitriles is 1. The third-order valence-electron chi connectivity index (χ3n) is 1.48. The Labute approximate surface area is 74.8 Å². The topological polar surface area (TPSA) is 23.8 Å². The molecule has 0 saturated carbocycles. The van der Waals surface area contributed by atoms with E-state index < -0.39 is 0 Å². The average molecular weight is 210 g/mol. The Bertz CT molecular complexity index is 286. The molecule has 1 atom stereocenters. The van der Waals surface area contributed by atoms with E-state index in [9.17, 15) is 0 Å². The lowest BCUT2D eigenvalue weighted by molar-refractivity contribution is 1.12. The van der Waals surface area contributed by atoms with Gasteiger partial charge in [-0.15, -0.1) is 0 Å². The first-order valence-electron chi connectivity index (χ1n) is 3.38. The summed E-state index contributed by atoms with van der Waals surface area (Å²) in [5.74, 6) is 0. The van der Waals surface area contributed by atoms with Gasteiger partial charge in [-0.25, -0.2) is 0 Å². The van der Waals surface area contributed by atoms with Crippen molar-refractivity contribution in [2.75, 3.05) is 0 Å². The second kappa shape index (κ2) is 3.54. The fraction of sp³-hybridized carbons (Fsp3) is 0.222. The first-order chi connectivity index (χ1) is 5.24. The van der Waals surface area contributed by atoms with Crippen LogP contribution in [0.25, 0.3) is 0 Å². The molecule has 0 amide bonds. The Morgan fingerprint density at radius 2 is 2.27 bits per heavy atom. The highest BCUT2D eigenvalue weighted by molar-refractivity contribution is 9.09. The standard InChI is InChI=1S/C9H8BrN/c1-7(10)9-4-2-3-8(5-9)6-11/h2-5,7H,1H3. The van der Waals surface area contributed by atoms with Gasteiger partial charge in [-0.3, -0.25) is 0 Å². The van der Waals surface area contributed by atoms with Gasteiger partial charge >= 0.3 is 0 Å². The zero-order valence-corrected chi connectivity index (χ0v) is 7.80. The molecular weight excluding hydrogens is 202 g/mol. The van der Waals surface area contributed by atoms with Crippen LogP contribution in [0.5, 0.6) is 0 Å². The second-order valence-corrected chi connectivity index (χ2v) is 3.73. The molecule has 56 valence electrons. The maximum atomic E-state index is 8.58. The predicted octanol–water partition coefficient (Wildman–Crippen LogP) is 3.01. The molecule has 1 aromatic rings. The molecule has 1 rings (SSSR count). The van der Waals surface area contributed by atoms with Gasteiger partial charge in [0.05, 0.1) is 11.6 Å². The van der Waals surface area contributed by atoms with Crippen molar-refractivity contribution < 1.29 is 0 Å². The number of hydrogen-bond donors (Lipinski definition) is 0. The summed E-state index contributed by atoms with van der Waals surface area (Å²) in [4.78, 5) is 0.316. The number of nitrogens with zero attached hydrogens (tertiary/aromatic N) is 1. The molecule has 0 heterocycles. The summed E-state index contributed by atoms with van der Waals surface area (Å²) in [5, 5.41) is 8.58. The van der Waals surface area contributed by atoms with Crippen LogP contribution in [0.4, 0.5) is 0 Å². The first kappa shape index (κ1) is 8.29. The van der Waals surface area contributed by atoms with Gasteiger partial charge in [0.15, 0.2) is 0 Å². The van der Waals surface area contributed by atoms with E-state index in [-0.39, 0.29) is 0 Å². The van der Waals surface area contributed by atoms with Gasteiger partial charge in [0.2, 0.25) is 0 Å². The van der Waals surface area contributed by atoms with Crippen LogP contribution in [0.15, 0.2) is 24.3 Å². The minimum absolute atomic E-state index is 0.316. The highest BCUT2D eigenvalue weighted by Crippen LogP contribution is 2.21. The second-order valence-electron chi connectivity index (χ2n) is 2.35. The van der Waals surface area contributed by atoms with Gasteiger partial charge in [-0.2, -0.15) is 5.26 Å². The Hall–Kier alpha value is -0.810. The summed E-state index contributed by atoms with van der Waals surface area (Å²) in [6.07, 6.45) is 0. The molecule has 0 saturated heterocycles. The van der Waals surface area contributed by atoms with Crippen LogP contribution in [-0.4, -0.2) is 0 Å².